The predicted molar refractivity (Wildman–Crippen MR) is 117 cm³/mol. The lowest BCUT2D eigenvalue weighted by molar-refractivity contribution is -0.121. The number of amides is 1. The summed E-state index contributed by atoms with van der Waals surface area (Å²) in [5, 5.41) is 0. The number of aliphatic imine (C=N–C) groups is 1. The molecule has 0 spiro atoms. The quantitative estimate of drug-likeness (QED) is 0.681. The maximum absolute atomic E-state index is 13.2. The Balaban J connectivity index is 1.69. The van der Waals surface area contributed by atoms with E-state index < -0.39 is 5.41 Å². The molecule has 1 aliphatic heterocycles. The van der Waals surface area contributed by atoms with E-state index in [-0.39, 0.29) is 5.91 Å². The number of nitrogens with zero attached hydrogens (tertiary/aromatic N) is 4. The molecular weight excluding hydrogens is 360 g/mol. The maximum atomic E-state index is 13.2. The molecule has 2 aromatic rings. The Hall–Kier alpha value is -3.08. The van der Waals surface area contributed by atoms with Crippen molar-refractivity contribution in [3.05, 3.63) is 66.0 Å². The fourth-order valence-corrected chi connectivity index (χ4v) is 3.70. The smallest absolute Gasteiger partial charge is 0.241 e. The Morgan fingerprint density at radius 2 is 1.93 bits per heavy atom. The third-order valence-electron chi connectivity index (χ3n) is 5.77. The zero-order chi connectivity index (χ0) is 20.8. The Labute approximate surface area is 171 Å². The van der Waals surface area contributed by atoms with Gasteiger partial charge >= 0.3 is 0 Å². The summed E-state index contributed by atoms with van der Waals surface area (Å²) in [6.07, 6.45) is 9.66. The van der Waals surface area contributed by atoms with Gasteiger partial charge in [0, 0.05) is 24.2 Å². The minimum atomic E-state index is -0.617. The van der Waals surface area contributed by atoms with Crippen molar-refractivity contribution in [3.63, 3.8) is 0 Å². The summed E-state index contributed by atoms with van der Waals surface area (Å²) in [5.41, 5.74) is 4.94. The highest BCUT2D eigenvalue weighted by atomic mass is 16.2. The number of allylic oxidation sites excluding steroid dienone is 2. The van der Waals surface area contributed by atoms with Gasteiger partial charge in [0.15, 0.2) is 0 Å². The molecule has 148 valence electrons. The number of rotatable bonds is 5. The molecule has 1 amide bonds. The molecule has 4 rings (SSSR count). The summed E-state index contributed by atoms with van der Waals surface area (Å²) < 4.78 is 0. The van der Waals surface area contributed by atoms with Gasteiger partial charge in [-0.1, -0.05) is 24.3 Å². The second kappa shape index (κ2) is 7.07. The average Bonchev–Trinajstić information content (AvgIpc) is 3.51. The van der Waals surface area contributed by atoms with Gasteiger partial charge in [-0.2, -0.15) is 0 Å². The average molecular weight is 386 g/mol. The SMILES string of the molecule is C=C(/C=N\C=C(/C)C1CC1)N1C(=O)C(C)(C)c2ccc(-c3cnc(C)nc3)cc21. The number of hydrogen-bond acceptors (Lipinski definition) is 4. The molecule has 1 saturated carbocycles. The number of aromatic nitrogens is 2. The molecule has 0 saturated heterocycles. The van der Waals surface area contributed by atoms with Gasteiger partial charge in [0.1, 0.15) is 5.82 Å². The van der Waals surface area contributed by atoms with Crippen molar-refractivity contribution in [1.82, 2.24) is 9.97 Å². The van der Waals surface area contributed by atoms with E-state index in [2.05, 4.69) is 28.5 Å². The van der Waals surface area contributed by atoms with Crippen molar-refractivity contribution in [2.75, 3.05) is 4.90 Å². The van der Waals surface area contributed by atoms with Crippen LogP contribution in [-0.4, -0.2) is 22.1 Å². The predicted octanol–water partition coefficient (Wildman–Crippen LogP) is 4.97. The normalized spacial score (nSPS) is 18.4. The van der Waals surface area contributed by atoms with Gasteiger partial charge in [0.05, 0.1) is 23.0 Å². The standard InChI is InChI=1S/C24H26N4O/c1-15(18-6-7-18)11-25-12-16(2)28-22-10-19(20-13-26-17(3)27-14-20)8-9-21(22)24(4,5)23(28)29/h8-14,18H,2,6-7H2,1,3-5H3/b15-11+,25-12-. The molecule has 1 aliphatic carbocycles. The molecule has 0 radical (unpaired) electrons. The van der Waals surface area contributed by atoms with Gasteiger partial charge in [0.2, 0.25) is 5.91 Å². The summed E-state index contributed by atoms with van der Waals surface area (Å²) in [6, 6.07) is 6.05. The lowest BCUT2D eigenvalue weighted by Gasteiger charge is -2.20. The van der Waals surface area contributed by atoms with Crippen molar-refractivity contribution in [3.8, 4) is 11.1 Å². The molecule has 2 heterocycles. The largest absolute Gasteiger partial charge is 0.279 e. The van der Waals surface area contributed by atoms with E-state index >= 15 is 0 Å². The minimum Gasteiger partial charge on any atom is -0.279 e. The van der Waals surface area contributed by atoms with E-state index in [1.165, 1.54) is 18.4 Å². The molecule has 1 aromatic carbocycles. The Morgan fingerprint density at radius 3 is 2.59 bits per heavy atom. The topological polar surface area (TPSA) is 58.5 Å². The fourth-order valence-electron chi connectivity index (χ4n) is 3.70. The molecule has 2 aliphatic rings. The Morgan fingerprint density at radius 1 is 1.24 bits per heavy atom. The summed E-state index contributed by atoms with van der Waals surface area (Å²) >= 11 is 0. The second-order valence-corrected chi connectivity index (χ2v) is 8.43. The van der Waals surface area contributed by atoms with Crippen molar-refractivity contribution in [2.45, 2.75) is 46.0 Å². The molecule has 5 nitrogen and oxygen atoms in total. The highest BCUT2D eigenvalue weighted by molar-refractivity contribution is 6.13. The van der Waals surface area contributed by atoms with Crippen LogP contribution in [0.25, 0.3) is 11.1 Å². The molecule has 0 N–H and O–H groups in total. The Kier molecular flexibility index (Phi) is 4.69. The zero-order valence-corrected chi connectivity index (χ0v) is 17.4. The van der Waals surface area contributed by atoms with Crippen LogP contribution >= 0.6 is 0 Å². The second-order valence-electron chi connectivity index (χ2n) is 8.43. The van der Waals surface area contributed by atoms with Crippen molar-refractivity contribution < 1.29 is 4.79 Å². The van der Waals surface area contributed by atoms with E-state index in [1.807, 2.05) is 45.2 Å². The fraction of sp³-hybridized carbons (Fsp3) is 0.333. The molecule has 0 atom stereocenters. The maximum Gasteiger partial charge on any atom is 0.241 e. The van der Waals surface area contributed by atoms with E-state index in [0.717, 1.165) is 28.2 Å². The van der Waals surface area contributed by atoms with Crippen LogP contribution in [0.4, 0.5) is 5.69 Å². The first kappa shape index (κ1) is 19.2. The first-order valence-corrected chi connectivity index (χ1v) is 9.96. The van der Waals surface area contributed by atoms with Crippen LogP contribution in [0.5, 0.6) is 0 Å². The summed E-state index contributed by atoms with van der Waals surface area (Å²) in [7, 11) is 0. The number of hydrogen-bond donors (Lipinski definition) is 0. The van der Waals surface area contributed by atoms with Crippen LogP contribution in [0.2, 0.25) is 0 Å². The highest BCUT2D eigenvalue weighted by Crippen LogP contribution is 2.44. The van der Waals surface area contributed by atoms with Crippen LogP contribution < -0.4 is 4.90 Å². The summed E-state index contributed by atoms with van der Waals surface area (Å²) in [5.74, 6) is 1.41. The van der Waals surface area contributed by atoms with Gasteiger partial charge in [-0.3, -0.25) is 14.7 Å². The third kappa shape index (κ3) is 3.53. The third-order valence-corrected chi connectivity index (χ3v) is 5.77. The number of fused-ring (bicyclic) bond motifs is 1. The molecule has 1 aromatic heterocycles. The van der Waals surface area contributed by atoms with Crippen LogP contribution in [0.15, 0.2) is 59.6 Å². The van der Waals surface area contributed by atoms with Crippen molar-refractivity contribution >= 4 is 17.8 Å². The van der Waals surface area contributed by atoms with E-state index in [9.17, 15) is 4.79 Å². The van der Waals surface area contributed by atoms with Gasteiger partial charge < -0.3 is 0 Å². The van der Waals surface area contributed by atoms with Gasteiger partial charge in [0.25, 0.3) is 0 Å². The van der Waals surface area contributed by atoms with Gasteiger partial charge in [-0.25, -0.2) is 9.97 Å². The number of carbonyl (C=O) groups excluding carboxylic acids is 1. The zero-order valence-electron chi connectivity index (χ0n) is 17.4. The lowest BCUT2D eigenvalue weighted by atomic mass is 9.85. The van der Waals surface area contributed by atoms with Crippen LogP contribution in [0.1, 0.15) is 45.0 Å². The minimum absolute atomic E-state index is 0.00384. The first-order chi connectivity index (χ1) is 13.8. The molecule has 29 heavy (non-hydrogen) atoms. The molecular formula is C24H26N4O. The number of aryl methyl sites for hydroxylation is 1. The van der Waals surface area contributed by atoms with Crippen molar-refractivity contribution in [2.24, 2.45) is 10.9 Å². The summed E-state index contributed by atoms with van der Waals surface area (Å²) in [6.45, 7) is 12.0. The molecule has 5 heteroatoms. The Bertz CT molecular complexity index is 1040. The van der Waals surface area contributed by atoms with Crippen molar-refractivity contribution in [1.29, 1.82) is 0 Å². The highest BCUT2D eigenvalue weighted by Gasteiger charge is 2.44. The molecule has 1 fully saturated rings. The number of benzene rings is 1. The van der Waals surface area contributed by atoms with Crippen LogP contribution in [0, 0.1) is 12.8 Å². The molecule has 0 bridgehead atoms. The summed E-state index contributed by atoms with van der Waals surface area (Å²) in [4.78, 5) is 27.9. The van der Waals surface area contributed by atoms with Gasteiger partial charge in [-0.05, 0) is 63.6 Å². The van der Waals surface area contributed by atoms with E-state index in [4.69, 9.17) is 0 Å². The number of carbonyl (C=O) groups is 1. The molecule has 0 unspecified atom stereocenters. The van der Waals surface area contributed by atoms with Gasteiger partial charge in [-0.15, -0.1) is 0 Å². The first-order valence-electron chi connectivity index (χ1n) is 9.96. The lowest BCUT2D eigenvalue weighted by Crippen LogP contribution is -2.35. The van der Waals surface area contributed by atoms with E-state index in [0.29, 0.717) is 11.6 Å². The number of anilines is 1. The van der Waals surface area contributed by atoms with Crippen LogP contribution in [0.3, 0.4) is 0 Å². The van der Waals surface area contributed by atoms with Crippen LogP contribution in [-0.2, 0) is 10.2 Å². The van der Waals surface area contributed by atoms with E-state index in [1.54, 1.807) is 23.5 Å². The monoisotopic (exact) mass is 386 g/mol.